The average Bonchev–Trinajstić information content (AvgIpc) is 2.88. The van der Waals surface area contributed by atoms with Crippen molar-refractivity contribution in [2.24, 2.45) is 5.16 Å². The summed E-state index contributed by atoms with van der Waals surface area (Å²) in [7, 11) is 0. The van der Waals surface area contributed by atoms with Crippen molar-refractivity contribution < 1.29 is 18.7 Å². The standard InChI is InChI=1S/C12H11FN2O3/c13-10-3-1-2-9(6-10)11(7-14)15-18-8-12-16-4-5-17-12/h1-3,6,12H,4-5,8H2. The van der Waals surface area contributed by atoms with E-state index >= 15 is 0 Å². The number of ether oxygens (including phenoxy) is 2. The summed E-state index contributed by atoms with van der Waals surface area (Å²) >= 11 is 0. The molecule has 1 fully saturated rings. The fourth-order valence-corrected chi connectivity index (χ4v) is 1.44. The molecule has 1 aromatic carbocycles. The number of nitriles is 1. The third kappa shape index (κ3) is 3.26. The summed E-state index contributed by atoms with van der Waals surface area (Å²) in [5, 5.41) is 12.6. The molecule has 1 heterocycles. The molecule has 1 saturated heterocycles. The molecule has 5 nitrogen and oxygen atoms in total. The topological polar surface area (TPSA) is 63.8 Å². The third-order valence-corrected chi connectivity index (χ3v) is 2.26. The van der Waals surface area contributed by atoms with Crippen molar-refractivity contribution in [1.82, 2.24) is 0 Å². The Morgan fingerprint density at radius 3 is 2.94 bits per heavy atom. The zero-order chi connectivity index (χ0) is 12.8. The van der Waals surface area contributed by atoms with E-state index < -0.39 is 12.1 Å². The van der Waals surface area contributed by atoms with Crippen LogP contribution < -0.4 is 0 Å². The largest absolute Gasteiger partial charge is 0.389 e. The van der Waals surface area contributed by atoms with Gasteiger partial charge in [0.1, 0.15) is 11.9 Å². The molecular formula is C12H11FN2O3. The Kier molecular flexibility index (Phi) is 4.23. The van der Waals surface area contributed by atoms with Crippen LogP contribution in [0.5, 0.6) is 0 Å². The number of benzene rings is 1. The van der Waals surface area contributed by atoms with Crippen molar-refractivity contribution in [3.8, 4) is 6.07 Å². The minimum Gasteiger partial charge on any atom is -0.389 e. The SMILES string of the molecule is N#CC(=NOCC1OCCO1)c1cccc(F)c1. The van der Waals surface area contributed by atoms with Crippen LogP contribution in [0.15, 0.2) is 29.4 Å². The van der Waals surface area contributed by atoms with Crippen LogP contribution in [0.1, 0.15) is 5.56 Å². The van der Waals surface area contributed by atoms with E-state index in [1.807, 2.05) is 6.07 Å². The predicted molar refractivity (Wildman–Crippen MR) is 60.2 cm³/mol. The lowest BCUT2D eigenvalue weighted by atomic mass is 10.1. The second-order valence-electron chi connectivity index (χ2n) is 3.53. The molecule has 6 heteroatoms. The molecule has 0 saturated carbocycles. The highest BCUT2D eigenvalue weighted by Gasteiger charge is 2.16. The zero-order valence-electron chi connectivity index (χ0n) is 9.51. The normalized spacial score (nSPS) is 16.6. The van der Waals surface area contributed by atoms with Gasteiger partial charge >= 0.3 is 0 Å². The van der Waals surface area contributed by atoms with Crippen molar-refractivity contribution in [2.75, 3.05) is 19.8 Å². The van der Waals surface area contributed by atoms with Gasteiger partial charge in [-0.2, -0.15) is 5.26 Å². The summed E-state index contributed by atoms with van der Waals surface area (Å²) in [6, 6.07) is 7.44. The molecule has 0 bridgehead atoms. The number of hydrogen-bond donors (Lipinski definition) is 0. The summed E-state index contributed by atoms with van der Waals surface area (Å²) in [4.78, 5) is 4.96. The number of nitrogens with zero attached hydrogens (tertiary/aromatic N) is 2. The summed E-state index contributed by atoms with van der Waals surface area (Å²) in [6.07, 6.45) is -0.457. The molecule has 1 aliphatic heterocycles. The van der Waals surface area contributed by atoms with Crippen LogP contribution >= 0.6 is 0 Å². The van der Waals surface area contributed by atoms with Gasteiger partial charge in [0.05, 0.1) is 13.2 Å². The first-order chi connectivity index (χ1) is 8.79. The Bertz CT molecular complexity index is 478. The van der Waals surface area contributed by atoms with Gasteiger partial charge in [0, 0.05) is 5.56 Å². The Morgan fingerprint density at radius 2 is 2.28 bits per heavy atom. The first-order valence-electron chi connectivity index (χ1n) is 5.39. The van der Waals surface area contributed by atoms with Gasteiger partial charge in [0.2, 0.25) is 0 Å². The summed E-state index contributed by atoms with van der Waals surface area (Å²) in [6.45, 7) is 1.14. The first kappa shape index (κ1) is 12.5. The lowest BCUT2D eigenvalue weighted by Crippen LogP contribution is -2.15. The average molecular weight is 250 g/mol. The maximum Gasteiger partial charge on any atom is 0.194 e. The van der Waals surface area contributed by atoms with Crippen LogP contribution in [-0.2, 0) is 14.3 Å². The van der Waals surface area contributed by atoms with E-state index in [0.717, 1.165) is 0 Å². The molecule has 1 aromatic rings. The Balaban J connectivity index is 1.97. The van der Waals surface area contributed by atoms with Crippen molar-refractivity contribution in [3.05, 3.63) is 35.6 Å². The third-order valence-electron chi connectivity index (χ3n) is 2.26. The Labute approximate surface area is 103 Å². The Morgan fingerprint density at radius 1 is 1.50 bits per heavy atom. The van der Waals surface area contributed by atoms with Gasteiger partial charge in [-0.1, -0.05) is 17.3 Å². The Hall–Kier alpha value is -1.97. The predicted octanol–water partition coefficient (Wildman–Crippen LogP) is 1.44. The molecular weight excluding hydrogens is 239 g/mol. The molecule has 1 aliphatic rings. The molecule has 0 aromatic heterocycles. The zero-order valence-corrected chi connectivity index (χ0v) is 9.51. The van der Waals surface area contributed by atoms with Gasteiger partial charge in [0.15, 0.2) is 18.6 Å². The molecule has 0 aliphatic carbocycles. The van der Waals surface area contributed by atoms with E-state index in [1.54, 1.807) is 6.07 Å². The minimum absolute atomic E-state index is 0.00694. The monoisotopic (exact) mass is 250 g/mol. The quantitative estimate of drug-likeness (QED) is 0.599. The van der Waals surface area contributed by atoms with E-state index in [4.69, 9.17) is 19.6 Å². The number of oxime groups is 1. The number of rotatable bonds is 4. The number of hydrogen-bond acceptors (Lipinski definition) is 5. The van der Waals surface area contributed by atoms with Gasteiger partial charge in [-0.3, -0.25) is 0 Å². The molecule has 0 amide bonds. The van der Waals surface area contributed by atoms with Crippen molar-refractivity contribution in [3.63, 3.8) is 0 Å². The van der Waals surface area contributed by atoms with E-state index in [9.17, 15) is 4.39 Å². The molecule has 0 unspecified atom stereocenters. The maximum absolute atomic E-state index is 13.0. The first-order valence-corrected chi connectivity index (χ1v) is 5.39. The minimum atomic E-state index is -0.457. The number of halogens is 1. The van der Waals surface area contributed by atoms with Crippen LogP contribution in [0.2, 0.25) is 0 Å². The van der Waals surface area contributed by atoms with Crippen LogP contribution in [-0.4, -0.2) is 31.8 Å². The fraction of sp³-hybridized carbons (Fsp3) is 0.333. The maximum atomic E-state index is 13.0. The van der Waals surface area contributed by atoms with Crippen LogP contribution in [0.4, 0.5) is 4.39 Å². The van der Waals surface area contributed by atoms with Gasteiger partial charge in [-0.25, -0.2) is 4.39 Å². The van der Waals surface area contributed by atoms with Crippen LogP contribution in [0.25, 0.3) is 0 Å². The second kappa shape index (κ2) is 6.10. The van der Waals surface area contributed by atoms with E-state index in [-0.39, 0.29) is 12.3 Å². The smallest absolute Gasteiger partial charge is 0.194 e. The van der Waals surface area contributed by atoms with E-state index in [1.165, 1.54) is 18.2 Å². The molecule has 0 N–H and O–H groups in total. The fourth-order valence-electron chi connectivity index (χ4n) is 1.44. The summed E-state index contributed by atoms with van der Waals surface area (Å²) in [5.74, 6) is -0.432. The van der Waals surface area contributed by atoms with Gasteiger partial charge in [0.25, 0.3) is 0 Å². The summed E-state index contributed by atoms with van der Waals surface area (Å²) < 4.78 is 23.3. The van der Waals surface area contributed by atoms with Crippen LogP contribution in [0.3, 0.4) is 0 Å². The summed E-state index contributed by atoms with van der Waals surface area (Å²) in [5.41, 5.74) is 0.373. The second-order valence-corrected chi connectivity index (χ2v) is 3.53. The van der Waals surface area contributed by atoms with Crippen LogP contribution in [0, 0.1) is 17.1 Å². The highest BCUT2D eigenvalue weighted by Crippen LogP contribution is 2.07. The van der Waals surface area contributed by atoms with Crippen molar-refractivity contribution in [1.29, 1.82) is 5.26 Å². The molecule has 18 heavy (non-hydrogen) atoms. The lowest BCUT2D eigenvalue weighted by molar-refractivity contribution is -0.0933. The van der Waals surface area contributed by atoms with Gasteiger partial charge in [-0.15, -0.1) is 0 Å². The van der Waals surface area contributed by atoms with Gasteiger partial charge < -0.3 is 14.3 Å². The molecule has 94 valence electrons. The molecule has 2 rings (SSSR count). The van der Waals surface area contributed by atoms with E-state index in [2.05, 4.69) is 5.16 Å². The molecule has 0 radical (unpaired) electrons. The van der Waals surface area contributed by atoms with Crippen molar-refractivity contribution in [2.45, 2.75) is 6.29 Å². The highest BCUT2D eigenvalue weighted by molar-refractivity contribution is 6.11. The van der Waals surface area contributed by atoms with Gasteiger partial charge in [-0.05, 0) is 12.1 Å². The molecule has 0 spiro atoms. The molecule has 0 atom stereocenters. The van der Waals surface area contributed by atoms with E-state index in [0.29, 0.717) is 18.8 Å². The highest BCUT2D eigenvalue weighted by atomic mass is 19.1. The lowest BCUT2D eigenvalue weighted by Gasteiger charge is -2.06. The van der Waals surface area contributed by atoms with Crippen molar-refractivity contribution >= 4 is 5.71 Å².